The maximum Gasteiger partial charge on any atom is 0.303 e. The van der Waals surface area contributed by atoms with Gasteiger partial charge in [0.25, 0.3) is 0 Å². The summed E-state index contributed by atoms with van der Waals surface area (Å²) in [6, 6.07) is 1.53. The Labute approximate surface area is 132 Å². The number of carboxylic acids is 1. The van der Waals surface area contributed by atoms with Crippen molar-refractivity contribution in [1.82, 2.24) is 4.72 Å². The van der Waals surface area contributed by atoms with Gasteiger partial charge in [0.2, 0.25) is 10.0 Å². The summed E-state index contributed by atoms with van der Waals surface area (Å²) in [6.07, 6.45) is 0.475. The lowest BCUT2D eigenvalue weighted by molar-refractivity contribution is -0.137. The summed E-state index contributed by atoms with van der Waals surface area (Å²) in [6.45, 7) is 2.03. The van der Waals surface area contributed by atoms with Crippen molar-refractivity contribution < 1.29 is 18.3 Å². The molecule has 1 aromatic heterocycles. The second-order valence-corrected chi connectivity index (χ2v) is 9.56. The average molecular weight is 435 g/mol. The monoisotopic (exact) mass is 433 g/mol. The molecule has 0 aromatic carbocycles. The van der Waals surface area contributed by atoms with Crippen LogP contribution in [0.4, 0.5) is 0 Å². The molecule has 5 nitrogen and oxygen atoms in total. The molecule has 1 heterocycles. The van der Waals surface area contributed by atoms with E-state index in [1.807, 2.05) is 6.92 Å². The molecule has 108 valence electrons. The zero-order valence-electron chi connectivity index (χ0n) is 10.0. The molecule has 0 bridgehead atoms. The van der Waals surface area contributed by atoms with Crippen molar-refractivity contribution in [2.75, 3.05) is 6.54 Å². The highest BCUT2D eigenvalue weighted by atomic mass is 79.9. The van der Waals surface area contributed by atoms with E-state index in [0.29, 0.717) is 10.2 Å². The molecule has 9 heteroatoms. The van der Waals surface area contributed by atoms with Crippen LogP contribution in [-0.2, 0) is 14.8 Å². The minimum absolute atomic E-state index is 0.0354. The van der Waals surface area contributed by atoms with Crippen molar-refractivity contribution in [2.45, 2.75) is 24.7 Å². The van der Waals surface area contributed by atoms with Gasteiger partial charge in [-0.3, -0.25) is 4.79 Å². The standard InChI is InChI=1S/C10H13Br2NO4S2/c1-6(2-3-9(14)15)5-13-19(16,17)7-4-8(11)18-10(7)12/h4,6,13H,2-3,5H2,1H3,(H,14,15). The lowest BCUT2D eigenvalue weighted by Crippen LogP contribution is -2.28. The van der Waals surface area contributed by atoms with Gasteiger partial charge in [-0.2, -0.15) is 0 Å². The zero-order valence-corrected chi connectivity index (χ0v) is 14.8. The fourth-order valence-corrected chi connectivity index (χ4v) is 6.28. The van der Waals surface area contributed by atoms with Gasteiger partial charge in [-0.05, 0) is 50.3 Å². The minimum Gasteiger partial charge on any atom is -0.481 e. The van der Waals surface area contributed by atoms with Gasteiger partial charge >= 0.3 is 5.97 Å². The first-order valence-electron chi connectivity index (χ1n) is 5.38. The molecule has 1 aromatic rings. The third-order valence-corrected chi connectivity index (χ3v) is 6.57. The van der Waals surface area contributed by atoms with Gasteiger partial charge in [-0.15, -0.1) is 11.3 Å². The summed E-state index contributed by atoms with van der Waals surface area (Å²) in [5.74, 6) is -0.911. The van der Waals surface area contributed by atoms with E-state index in [2.05, 4.69) is 36.6 Å². The number of carboxylic acid groups (broad SMARTS) is 1. The summed E-state index contributed by atoms with van der Waals surface area (Å²) in [5, 5.41) is 8.56. The molecule has 0 saturated carbocycles. The van der Waals surface area contributed by atoms with Crippen molar-refractivity contribution in [3.63, 3.8) is 0 Å². The molecule has 0 aliphatic heterocycles. The number of hydrogen-bond acceptors (Lipinski definition) is 4. The van der Waals surface area contributed by atoms with Crippen LogP contribution in [0, 0.1) is 5.92 Å². The molecule has 1 rings (SSSR count). The molecule has 0 spiro atoms. The van der Waals surface area contributed by atoms with Crippen molar-refractivity contribution in [3.05, 3.63) is 13.6 Å². The number of sulfonamides is 1. The maximum atomic E-state index is 12.0. The van der Waals surface area contributed by atoms with E-state index < -0.39 is 16.0 Å². The number of halogens is 2. The Bertz CT molecular complexity index is 556. The molecule has 0 aliphatic rings. The molecule has 0 radical (unpaired) electrons. The highest BCUT2D eigenvalue weighted by molar-refractivity contribution is 9.12. The van der Waals surface area contributed by atoms with E-state index in [0.717, 1.165) is 3.79 Å². The van der Waals surface area contributed by atoms with Crippen LogP contribution >= 0.6 is 43.2 Å². The normalized spacial score (nSPS) is 13.4. The Morgan fingerprint density at radius 2 is 2.16 bits per heavy atom. The molecule has 1 unspecified atom stereocenters. The quantitative estimate of drug-likeness (QED) is 0.690. The Hall–Kier alpha value is 0.0400. The smallest absolute Gasteiger partial charge is 0.303 e. The van der Waals surface area contributed by atoms with E-state index in [-0.39, 0.29) is 23.8 Å². The molecule has 2 N–H and O–H groups in total. The number of carbonyl (C=O) groups is 1. The molecule has 19 heavy (non-hydrogen) atoms. The van der Waals surface area contributed by atoms with Crippen LogP contribution in [0.1, 0.15) is 19.8 Å². The Kier molecular flexibility index (Phi) is 6.44. The van der Waals surface area contributed by atoms with E-state index in [9.17, 15) is 13.2 Å². The maximum absolute atomic E-state index is 12.0. The van der Waals surface area contributed by atoms with E-state index in [1.54, 1.807) is 0 Å². The number of aliphatic carboxylic acids is 1. The van der Waals surface area contributed by atoms with Crippen molar-refractivity contribution in [3.8, 4) is 0 Å². The van der Waals surface area contributed by atoms with E-state index in [1.165, 1.54) is 17.4 Å². The van der Waals surface area contributed by atoms with Crippen LogP contribution in [0.3, 0.4) is 0 Å². The first-order chi connectivity index (χ1) is 8.72. The molecular formula is C10H13Br2NO4S2. The first-order valence-corrected chi connectivity index (χ1v) is 9.27. The van der Waals surface area contributed by atoms with Gasteiger partial charge in [-0.25, -0.2) is 13.1 Å². The first kappa shape index (κ1) is 17.1. The van der Waals surface area contributed by atoms with Crippen LogP contribution in [-0.4, -0.2) is 26.0 Å². The molecule has 0 saturated heterocycles. The van der Waals surface area contributed by atoms with Crippen LogP contribution in [0.15, 0.2) is 18.5 Å². The van der Waals surface area contributed by atoms with Gasteiger partial charge < -0.3 is 5.11 Å². The van der Waals surface area contributed by atoms with Crippen molar-refractivity contribution in [1.29, 1.82) is 0 Å². The third-order valence-electron chi connectivity index (χ3n) is 2.39. The molecule has 0 fully saturated rings. The van der Waals surface area contributed by atoms with E-state index >= 15 is 0 Å². The van der Waals surface area contributed by atoms with Crippen LogP contribution < -0.4 is 4.72 Å². The number of nitrogens with one attached hydrogen (secondary N) is 1. The van der Waals surface area contributed by atoms with Gasteiger partial charge in [0.1, 0.15) is 4.90 Å². The second kappa shape index (κ2) is 7.16. The Morgan fingerprint density at radius 3 is 2.63 bits per heavy atom. The topological polar surface area (TPSA) is 83.5 Å². The molecule has 0 aliphatic carbocycles. The summed E-state index contributed by atoms with van der Waals surface area (Å²) in [4.78, 5) is 10.6. The van der Waals surface area contributed by atoms with Gasteiger partial charge in [-0.1, -0.05) is 6.92 Å². The van der Waals surface area contributed by atoms with Crippen LogP contribution in [0.5, 0.6) is 0 Å². The van der Waals surface area contributed by atoms with Crippen LogP contribution in [0.2, 0.25) is 0 Å². The second-order valence-electron chi connectivity index (χ2n) is 4.08. The molecule has 1 atom stereocenters. The number of rotatable bonds is 7. The average Bonchev–Trinajstić information content (AvgIpc) is 2.64. The van der Waals surface area contributed by atoms with E-state index in [4.69, 9.17) is 5.11 Å². The lowest BCUT2D eigenvalue weighted by Gasteiger charge is -2.11. The summed E-state index contributed by atoms with van der Waals surface area (Å²) < 4.78 is 27.8. The predicted octanol–water partition coefficient (Wildman–Crippen LogP) is 3.05. The highest BCUT2D eigenvalue weighted by Gasteiger charge is 2.21. The SMILES string of the molecule is CC(CCC(=O)O)CNS(=O)(=O)c1cc(Br)sc1Br. The molecular weight excluding hydrogens is 422 g/mol. The van der Waals surface area contributed by atoms with Gasteiger partial charge in [0.15, 0.2) is 0 Å². The summed E-state index contributed by atoms with van der Waals surface area (Å²) in [5.41, 5.74) is 0. The fourth-order valence-electron chi connectivity index (χ4n) is 1.31. The number of hydrogen-bond donors (Lipinski definition) is 2. The zero-order chi connectivity index (χ0) is 14.6. The van der Waals surface area contributed by atoms with Gasteiger partial charge in [0.05, 0.1) is 7.57 Å². The Morgan fingerprint density at radius 1 is 1.53 bits per heavy atom. The number of thiophene rings is 1. The summed E-state index contributed by atoms with van der Waals surface area (Å²) in [7, 11) is -3.57. The lowest BCUT2D eigenvalue weighted by atomic mass is 10.1. The van der Waals surface area contributed by atoms with Crippen molar-refractivity contribution in [2.24, 2.45) is 5.92 Å². The van der Waals surface area contributed by atoms with Crippen LogP contribution in [0.25, 0.3) is 0 Å². The molecule has 0 amide bonds. The highest BCUT2D eigenvalue weighted by Crippen LogP contribution is 2.34. The predicted molar refractivity (Wildman–Crippen MR) is 80.9 cm³/mol. The minimum atomic E-state index is -3.57. The summed E-state index contributed by atoms with van der Waals surface area (Å²) >= 11 is 7.71. The fraction of sp³-hybridized carbons (Fsp3) is 0.500. The van der Waals surface area contributed by atoms with Gasteiger partial charge in [0, 0.05) is 13.0 Å². The Balaban J connectivity index is 2.61. The van der Waals surface area contributed by atoms with Crippen molar-refractivity contribution >= 4 is 59.2 Å². The largest absolute Gasteiger partial charge is 0.481 e. The third kappa shape index (κ3) is 5.50.